The fraction of sp³-hybridized carbons (Fsp3) is 0.500. The number of Topliss-reactive ketones (excluding diaryl/α,β-unsaturated/α-hetero) is 2. The lowest BCUT2D eigenvalue weighted by Crippen LogP contribution is -2.27. The summed E-state index contributed by atoms with van der Waals surface area (Å²) in [4.78, 5) is 23.5. The molecule has 174 valence electrons. The second kappa shape index (κ2) is 10.3. The summed E-state index contributed by atoms with van der Waals surface area (Å²) in [7, 11) is 0. The standard InChI is InChI=1S/C28H38O4/c1-9-28(10-2,22-11-13-24(19(3)15-22)31-17-21(5)29)23-12-14-25(20(4)16-23)32-18-26(30)27(6,7)8/h11-16H,9-10,17-18H2,1-8H3. The van der Waals surface area contributed by atoms with Crippen LogP contribution in [0.5, 0.6) is 11.5 Å². The van der Waals surface area contributed by atoms with Gasteiger partial charge in [0.05, 0.1) is 0 Å². The molecule has 0 heterocycles. The third kappa shape index (κ3) is 5.79. The molecule has 0 saturated heterocycles. The Labute approximate surface area is 193 Å². The number of aryl methyl sites for hydroxylation is 2. The van der Waals surface area contributed by atoms with Crippen LogP contribution in [0.4, 0.5) is 0 Å². The second-order valence-electron chi connectivity index (χ2n) is 9.70. The first-order valence-electron chi connectivity index (χ1n) is 11.4. The lowest BCUT2D eigenvalue weighted by Gasteiger charge is -2.34. The molecular formula is C28H38O4. The van der Waals surface area contributed by atoms with Crippen molar-refractivity contribution in [2.75, 3.05) is 13.2 Å². The second-order valence-corrected chi connectivity index (χ2v) is 9.70. The van der Waals surface area contributed by atoms with Crippen LogP contribution in [0.3, 0.4) is 0 Å². The lowest BCUT2D eigenvalue weighted by molar-refractivity contribution is -0.128. The van der Waals surface area contributed by atoms with E-state index in [9.17, 15) is 9.59 Å². The highest BCUT2D eigenvalue weighted by Crippen LogP contribution is 2.41. The van der Waals surface area contributed by atoms with Gasteiger partial charge in [0.1, 0.15) is 24.7 Å². The minimum atomic E-state index is -0.411. The summed E-state index contributed by atoms with van der Waals surface area (Å²) in [6, 6.07) is 12.5. The zero-order valence-corrected chi connectivity index (χ0v) is 20.9. The van der Waals surface area contributed by atoms with Crippen molar-refractivity contribution >= 4 is 11.6 Å². The number of hydrogen-bond acceptors (Lipinski definition) is 4. The van der Waals surface area contributed by atoms with E-state index in [1.165, 1.54) is 18.1 Å². The maximum absolute atomic E-state index is 12.2. The largest absolute Gasteiger partial charge is 0.486 e. The summed E-state index contributed by atoms with van der Waals surface area (Å²) in [5.74, 6) is 1.58. The summed E-state index contributed by atoms with van der Waals surface area (Å²) in [5.41, 5.74) is 3.94. The van der Waals surface area contributed by atoms with Crippen molar-refractivity contribution in [3.8, 4) is 11.5 Å². The number of carbonyl (C=O) groups is 2. The van der Waals surface area contributed by atoms with Crippen LogP contribution in [0.25, 0.3) is 0 Å². The van der Waals surface area contributed by atoms with Gasteiger partial charge in [-0.1, -0.05) is 58.9 Å². The third-order valence-electron chi connectivity index (χ3n) is 6.29. The first kappa shape index (κ1) is 25.6. The van der Waals surface area contributed by atoms with Crippen molar-refractivity contribution in [3.63, 3.8) is 0 Å². The van der Waals surface area contributed by atoms with Crippen LogP contribution in [0, 0.1) is 19.3 Å². The average Bonchev–Trinajstić information content (AvgIpc) is 2.72. The molecule has 0 unspecified atom stereocenters. The summed E-state index contributed by atoms with van der Waals surface area (Å²) in [6.07, 6.45) is 1.89. The van der Waals surface area contributed by atoms with Crippen LogP contribution >= 0.6 is 0 Å². The molecule has 2 rings (SSSR count). The molecule has 2 aromatic carbocycles. The minimum absolute atomic E-state index is 0.00641. The number of ketones is 2. The highest BCUT2D eigenvalue weighted by Gasteiger charge is 2.31. The predicted octanol–water partition coefficient (Wildman–Crippen LogP) is 6.37. The molecule has 4 nitrogen and oxygen atoms in total. The molecule has 0 amide bonds. The molecule has 0 bridgehead atoms. The molecule has 0 spiro atoms. The van der Waals surface area contributed by atoms with Gasteiger partial charge in [0.15, 0.2) is 11.6 Å². The van der Waals surface area contributed by atoms with Gasteiger partial charge in [-0.3, -0.25) is 9.59 Å². The van der Waals surface area contributed by atoms with E-state index in [4.69, 9.17) is 9.47 Å². The Morgan fingerprint density at radius 3 is 1.56 bits per heavy atom. The minimum Gasteiger partial charge on any atom is -0.486 e. The lowest BCUT2D eigenvalue weighted by atomic mass is 9.70. The Kier molecular flexibility index (Phi) is 8.28. The number of benzene rings is 2. The van der Waals surface area contributed by atoms with Crippen LogP contribution < -0.4 is 9.47 Å². The molecule has 0 N–H and O–H groups in total. The van der Waals surface area contributed by atoms with Crippen molar-refractivity contribution < 1.29 is 19.1 Å². The van der Waals surface area contributed by atoms with E-state index in [0.29, 0.717) is 0 Å². The summed E-state index contributed by atoms with van der Waals surface area (Å²) >= 11 is 0. The first-order chi connectivity index (χ1) is 14.9. The van der Waals surface area contributed by atoms with E-state index in [1.807, 2.05) is 46.8 Å². The highest BCUT2D eigenvalue weighted by molar-refractivity contribution is 5.85. The van der Waals surface area contributed by atoms with Gasteiger partial charge < -0.3 is 9.47 Å². The van der Waals surface area contributed by atoms with E-state index in [0.717, 1.165) is 35.5 Å². The fourth-order valence-electron chi connectivity index (χ4n) is 3.99. The van der Waals surface area contributed by atoms with Gasteiger partial charge in [-0.25, -0.2) is 0 Å². The number of carbonyl (C=O) groups excluding carboxylic acids is 2. The van der Waals surface area contributed by atoms with Gasteiger partial charge in [0, 0.05) is 10.8 Å². The molecular weight excluding hydrogens is 400 g/mol. The van der Waals surface area contributed by atoms with Gasteiger partial charge >= 0.3 is 0 Å². The van der Waals surface area contributed by atoms with E-state index in [1.54, 1.807) is 0 Å². The maximum atomic E-state index is 12.2. The monoisotopic (exact) mass is 438 g/mol. The molecule has 0 aliphatic rings. The van der Waals surface area contributed by atoms with Gasteiger partial charge in [-0.2, -0.15) is 0 Å². The van der Waals surface area contributed by atoms with Crippen molar-refractivity contribution in [1.29, 1.82) is 0 Å². The predicted molar refractivity (Wildman–Crippen MR) is 130 cm³/mol. The Bertz CT molecular complexity index is 962. The topological polar surface area (TPSA) is 52.6 Å². The maximum Gasteiger partial charge on any atom is 0.175 e. The fourth-order valence-corrected chi connectivity index (χ4v) is 3.99. The van der Waals surface area contributed by atoms with Crippen LogP contribution in [-0.4, -0.2) is 24.8 Å². The molecule has 2 aromatic rings. The van der Waals surface area contributed by atoms with Gasteiger partial charge in [0.25, 0.3) is 0 Å². The number of hydrogen-bond donors (Lipinski definition) is 0. The molecule has 32 heavy (non-hydrogen) atoms. The summed E-state index contributed by atoms with van der Waals surface area (Å²) < 4.78 is 11.5. The van der Waals surface area contributed by atoms with Crippen LogP contribution in [0.2, 0.25) is 0 Å². The number of ether oxygens (including phenoxy) is 2. The van der Waals surface area contributed by atoms with Crippen LogP contribution in [0.1, 0.15) is 76.6 Å². The average molecular weight is 439 g/mol. The zero-order chi connectivity index (χ0) is 24.1. The SMILES string of the molecule is CCC(CC)(c1ccc(OCC(C)=O)c(C)c1)c1ccc(OCC(=O)C(C)(C)C)c(C)c1. The van der Waals surface area contributed by atoms with Gasteiger partial charge in [0.2, 0.25) is 0 Å². The summed E-state index contributed by atoms with van der Waals surface area (Å²) in [6.45, 7) is 15.9. The molecule has 0 atom stereocenters. The van der Waals surface area contributed by atoms with Crippen LogP contribution in [-0.2, 0) is 15.0 Å². The molecule has 0 aliphatic heterocycles. The van der Waals surface area contributed by atoms with Crippen molar-refractivity contribution in [2.24, 2.45) is 5.41 Å². The molecule has 0 aromatic heterocycles. The number of rotatable bonds is 10. The summed E-state index contributed by atoms with van der Waals surface area (Å²) in [5, 5.41) is 0. The van der Waals surface area contributed by atoms with Gasteiger partial charge in [-0.05, 0) is 68.0 Å². The van der Waals surface area contributed by atoms with E-state index >= 15 is 0 Å². The molecule has 0 radical (unpaired) electrons. The quantitative estimate of drug-likeness (QED) is 0.432. The third-order valence-corrected chi connectivity index (χ3v) is 6.29. The van der Waals surface area contributed by atoms with Crippen molar-refractivity contribution in [2.45, 2.75) is 73.6 Å². The Morgan fingerprint density at radius 2 is 1.22 bits per heavy atom. The highest BCUT2D eigenvalue weighted by atomic mass is 16.5. The van der Waals surface area contributed by atoms with Crippen molar-refractivity contribution in [1.82, 2.24) is 0 Å². The smallest absolute Gasteiger partial charge is 0.175 e. The molecule has 4 heteroatoms. The first-order valence-corrected chi connectivity index (χ1v) is 11.4. The van der Waals surface area contributed by atoms with Crippen LogP contribution in [0.15, 0.2) is 36.4 Å². The molecule has 0 fully saturated rings. The van der Waals surface area contributed by atoms with E-state index in [2.05, 4.69) is 38.1 Å². The Hall–Kier alpha value is -2.62. The zero-order valence-electron chi connectivity index (χ0n) is 20.9. The van der Waals surface area contributed by atoms with E-state index in [-0.39, 0.29) is 30.2 Å². The normalized spacial score (nSPS) is 11.9. The van der Waals surface area contributed by atoms with E-state index < -0.39 is 5.41 Å². The molecule has 0 saturated carbocycles. The molecule has 0 aliphatic carbocycles. The van der Waals surface area contributed by atoms with Gasteiger partial charge in [-0.15, -0.1) is 0 Å². The Morgan fingerprint density at radius 1 is 0.781 bits per heavy atom. The Balaban J connectivity index is 2.35. The van der Waals surface area contributed by atoms with Crippen molar-refractivity contribution in [3.05, 3.63) is 58.7 Å².